The van der Waals surface area contributed by atoms with E-state index in [0.717, 1.165) is 43.4 Å². The van der Waals surface area contributed by atoms with E-state index in [1.165, 1.54) is 7.11 Å². The van der Waals surface area contributed by atoms with Gasteiger partial charge in [0.1, 0.15) is 0 Å². The molecule has 20 heavy (non-hydrogen) atoms. The summed E-state index contributed by atoms with van der Waals surface area (Å²) in [6.07, 6.45) is 3.30. The van der Waals surface area contributed by atoms with E-state index in [-0.39, 0.29) is 5.97 Å². The molecule has 2 heterocycles. The monoisotopic (exact) mass is 298 g/mol. The molecule has 2 rings (SSSR count). The minimum absolute atomic E-state index is 0.185. The van der Waals surface area contributed by atoms with Crippen LogP contribution in [0.25, 0.3) is 0 Å². The first-order valence-electron chi connectivity index (χ1n) is 6.99. The highest BCUT2D eigenvalue weighted by Gasteiger charge is 2.17. The number of esters is 1. The van der Waals surface area contributed by atoms with E-state index in [0.29, 0.717) is 18.8 Å². The number of aromatic nitrogens is 1. The summed E-state index contributed by atoms with van der Waals surface area (Å²) < 4.78 is 10.0. The van der Waals surface area contributed by atoms with Crippen LogP contribution in [0.2, 0.25) is 0 Å². The van der Waals surface area contributed by atoms with E-state index in [1.807, 2.05) is 5.38 Å². The van der Waals surface area contributed by atoms with E-state index >= 15 is 0 Å². The zero-order chi connectivity index (χ0) is 14.4. The van der Waals surface area contributed by atoms with E-state index in [1.54, 1.807) is 11.3 Å². The summed E-state index contributed by atoms with van der Waals surface area (Å²) in [4.78, 5) is 17.9. The second kappa shape index (κ2) is 7.59. The predicted molar refractivity (Wildman–Crippen MR) is 79.3 cm³/mol. The van der Waals surface area contributed by atoms with Gasteiger partial charge >= 0.3 is 5.97 Å². The lowest BCUT2D eigenvalue weighted by Crippen LogP contribution is -2.29. The second-order valence-electron chi connectivity index (χ2n) is 5.13. The molecule has 1 aromatic heterocycles. The molecule has 0 aliphatic carbocycles. The van der Waals surface area contributed by atoms with E-state index in [9.17, 15) is 4.79 Å². The quantitative estimate of drug-likeness (QED) is 0.753. The van der Waals surface area contributed by atoms with Crippen LogP contribution in [0.5, 0.6) is 0 Å². The molecule has 1 aliphatic rings. The smallest absolute Gasteiger partial charge is 0.305 e. The Morgan fingerprint density at radius 2 is 2.30 bits per heavy atom. The van der Waals surface area contributed by atoms with E-state index in [2.05, 4.69) is 21.7 Å². The maximum Gasteiger partial charge on any atom is 0.305 e. The van der Waals surface area contributed by atoms with Crippen LogP contribution in [0.1, 0.15) is 25.0 Å². The summed E-state index contributed by atoms with van der Waals surface area (Å²) >= 11 is 1.64. The number of carbonyl (C=O) groups excluding carboxylic acids is 1. The standard InChI is InChI=1S/C14H22N2O3S/c1-16(9-11-5-7-19-8-6-11)14-15-12(10-20-14)3-4-13(17)18-2/h10-11H,3-9H2,1-2H3. The van der Waals surface area contributed by atoms with E-state index in [4.69, 9.17) is 4.74 Å². The fourth-order valence-corrected chi connectivity index (χ4v) is 3.15. The highest BCUT2D eigenvalue weighted by atomic mass is 32.1. The van der Waals surface area contributed by atoms with Crippen molar-refractivity contribution < 1.29 is 14.3 Å². The van der Waals surface area contributed by atoms with Crippen molar-refractivity contribution in [1.82, 2.24) is 4.98 Å². The van der Waals surface area contributed by atoms with Crippen LogP contribution in [-0.2, 0) is 20.7 Å². The molecule has 6 heteroatoms. The average molecular weight is 298 g/mol. The highest BCUT2D eigenvalue weighted by molar-refractivity contribution is 7.13. The van der Waals surface area contributed by atoms with Gasteiger partial charge < -0.3 is 14.4 Å². The van der Waals surface area contributed by atoms with E-state index < -0.39 is 0 Å². The minimum Gasteiger partial charge on any atom is -0.469 e. The van der Waals surface area contributed by atoms with Gasteiger partial charge in [-0.15, -0.1) is 11.3 Å². The lowest BCUT2D eigenvalue weighted by Gasteiger charge is -2.26. The Labute approximate surface area is 123 Å². The molecule has 5 nitrogen and oxygen atoms in total. The number of rotatable bonds is 6. The zero-order valence-corrected chi connectivity index (χ0v) is 12.9. The topological polar surface area (TPSA) is 51.7 Å². The number of anilines is 1. The maximum atomic E-state index is 11.1. The van der Waals surface area contributed by atoms with Crippen molar-refractivity contribution >= 4 is 22.4 Å². The molecular weight excluding hydrogens is 276 g/mol. The van der Waals surface area contributed by atoms with Gasteiger partial charge in [0.2, 0.25) is 0 Å². The van der Waals surface area contributed by atoms with Crippen molar-refractivity contribution in [2.45, 2.75) is 25.7 Å². The maximum absolute atomic E-state index is 11.1. The Morgan fingerprint density at radius 1 is 1.55 bits per heavy atom. The third-order valence-corrected chi connectivity index (χ3v) is 4.56. The van der Waals surface area contributed by atoms with Crippen molar-refractivity contribution in [3.63, 3.8) is 0 Å². The van der Waals surface area contributed by atoms with Crippen molar-refractivity contribution in [2.75, 3.05) is 38.8 Å². The Bertz CT molecular complexity index is 430. The van der Waals surface area contributed by atoms with Gasteiger partial charge in [0.15, 0.2) is 5.13 Å². The van der Waals surface area contributed by atoms with Gasteiger partial charge in [-0.3, -0.25) is 4.79 Å². The normalized spacial score (nSPS) is 16.1. The minimum atomic E-state index is -0.185. The van der Waals surface area contributed by atoms with Crippen molar-refractivity contribution in [2.24, 2.45) is 5.92 Å². The van der Waals surface area contributed by atoms with Crippen LogP contribution in [0.15, 0.2) is 5.38 Å². The Hall–Kier alpha value is -1.14. The number of carbonyl (C=O) groups is 1. The summed E-state index contributed by atoms with van der Waals surface area (Å²) in [5.74, 6) is 0.506. The third kappa shape index (κ3) is 4.45. The number of methoxy groups -OCH3 is 1. The van der Waals surface area contributed by atoms with Crippen LogP contribution in [0, 0.1) is 5.92 Å². The number of aryl methyl sites for hydroxylation is 1. The van der Waals surface area contributed by atoms with Crippen LogP contribution in [0.4, 0.5) is 5.13 Å². The number of ether oxygens (including phenoxy) is 2. The van der Waals surface area contributed by atoms with Crippen molar-refractivity contribution in [3.05, 3.63) is 11.1 Å². The van der Waals surface area contributed by atoms with Gasteiger partial charge in [0.05, 0.1) is 19.2 Å². The molecule has 1 saturated heterocycles. The number of hydrogen-bond acceptors (Lipinski definition) is 6. The number of thiazole rings is 1. The van der Waals surface area contributed by atoms with Crippen LogP contribution in [-0.4, -0.2) is 44.9 Å². The number of nitrogens with zero attached hydrogens (tertiary/aromatic N) is 2. The zero-order valence-electron chi connectivity index (χ0n) is 12.1. The molecular formula is C14H22N2O3S. The molecule has 0 saturated carbocycles. The van der Waals surface area contributed by atoms with Crippen molar-refractivity contribution in [1.29, 1.82) is 0 Å². The first-order chi connectivity index (χ1) is 9.69. The summed E-state index contributed by atoms with van der Waals surface area (Å²) in [6.45, 7) is 2.77. The molecule has 0 radical (unpaired) electrons. The summed E-state index contributed by atoms with van der Waals surface area (Å²) in [6, 6.07) is 0. The molecule has 0 N–H and O–H groups in total. The molecule has 112 valence electrons. The third-order valence-electron chi connectivity index (χ3n) is 3.55. The second-order valence-corrected chi connectivity index (χ2v) is 5.97. The molecule has 0 aromatic carbocycles. The Kier molecular flexibility index (Phi) is 5.79. The molecule has 1 aromatic rings. The molecule has 1 aliphatic heterocycles. The molecule has 1 fully saturated rings. The molecule has 0 amide bonds. The highest BCUT2D eigenvalue weighted by Crippen LogP contribution is 2.23. The Balaban J connectivity index is 1.82. The SMILES string of the molecule is COC(=O)CCc1csc(N(C)CC2CCOCC2)n1. The summed E-state index contributed by atoms with van der Waals surface area (Å²) in [7, 11) is 3.49. The van der Waals surface area contributed by atoms with Gasteiger partial charge in [-0.25, -0.2) is 4.98 Å². The van der Waals surface area contributed by atoms with Gasteiger partial charge in [-0.05, 0) is 18.8 Å². The van der Waals surface area contributed by atoms with Gasteiger partial charge in [0.25, 0.3) is 0 Å². The van der Waals surface area contributed by atoms with Crippen LogP contribution < -0.4 is 4.90 Å². The molecule has 0 spiro atoms. The van der Waals surface area contributed by atoms with Gasteiger partial charge in [0, 0.05) is 38.6 Å². The molecule has 0 unspecified atom stereocenters. The van der Waals surface area contributed by atoms with Crippen molar-refractivity contribution in [3.8, 4) is 0 Å². The first-order valence-corrected chi connectivity index (χ1v) is 7.87. The fraction of sp³-hybridized carbons (Fsp3) is 0.714. The molecule has 0 atom stereocenters. The largest absolute Gasteiger partial charge is 0.469 e. The average Bonchev–Trinajstić information content (AvgIpc) is 2.95. The van der Waals surface area contributed by atoms with Crippen LogP contribution in [0.3, 0.4) is 0 Å². The fourth-order valence-electron chi connectivity index (χ4n) is 2.31. The van der Waals surface area contributed by atoms with Gasteiger partial charge in [-0.2, -0.15) is 0 Å². The lowest BCUT2D eigenvalue weighted by atomic mass is 10.0. The number of hydrogen-bond donors (Lipinski definition) is 0. The first kappa shape index (κ1) is 15.3. The predicted octanol–water partition coefficient (Wildman–Crippen LogP) is 2.11. The lowest BCUT2D eigenvalue weighted by molar-refractivity contribution is -0.140. The summed E-state index contributed by atoms with van der Waals surface area (Å²) in [5, 5.41) is 3.05. The summed E-state index contributed by atoms with van der Waals surface area (Å²) in [5.41, 5.74) is 0.967. The Morgan fingerprint density at radius 3 is 3.00 bits per heavy atom. The van der Waals surface area contributed by atoms with Gasteiger partial charge in [-0.1, -0.05) is 0 Å². The van der Waals surface area contributed by atoms with Crippen LogP contribution >= 0.6 is 11.3 Å². The molecule has 0 bridgehead atoms.